The van der Waals surface area contributed by atoms with Crippen molar-refractivity contribution in [3.8, 4) is 11.4 Å². The van der Waals surface area contributed by atoms with Crippen LogP contribution in [0, 0.1) is 0 Å². The van der Waals surface area contributed by atoms with Crippen molar-refractivity contribution < 1.29 is 5.48 Å². The second-order valence-corrected chi connectivity index (χ2v) is 6.79. The minimum atomic E-state index is 0. The molecule has 25 heavy (non-hydrogen) atoms. The third-order valence-electron chi connectivity index (χ3n) is 4.60. The van der Waals surface area contributed by atoms with E-state index in [0.29, 0.717) is 18.0 Å². The van der Waals surface area contributed by atoms with Gasteiger partial charge >= 0.3 is 0 Å². The quantitative estimate of drug-likeness (QED) is 0.709. The Morgan fingerprint density at radius 2 is 2.00 bits per heavy atom. The number of benzene rings is 1. The number of nitrogens with one attached hydrogen (secondary N) is 2. The number of hydrogen-bond acceptors (Lipinski definition) is 3. The summed E-state index contributed by atoms with van der Waals surface area (Å²) in [7, 11) is 0. The number of hydrogen-bond donors (Lipinski definition) is 2. The largest absolute Gasteiger partial charge is 0.412 e. The lowest BCUT2D eigenvalue weighted by molar-refractivity contribution is 0.299. The second-order valence-electron chi connectivity index (χ2n) is 6.36. The maximum Gasteiger partial charge on any atom is 0.109 e. The number of aromatic amines is 1. The molecular formula is C18H22Cl2N4O. The molecule has 3 aliphatic heterocycles. The molecule has 0 aromatic heterocycles. The highest BCUT2D eigenvalue weighted by atomic mass is 35.5. The molecule has 5 nitrogen and oxygen atoms in total. The van der Waals surface area contributed by atoms with Crippen molar-refractivity contribution in [3.05, 3.63) is 59.1 Å². The van der Waals surface area contributed by atoms with Gasteiger partial charge in [0.05, 0.1) is 11.9 Å². The van der Waals surface area contributed by atoms with Crippen LogP contribution in [-0.4, -0.2) is 26.5 Å². The van der Waals surface area contributed by atoms with Crippen LogP contribution in [0.25, 0.3) is 11.4 Å². The van der Waals surface area contributed by atoms with Crippen LogP contribution in [-0.2, 0) is 0 Å². The van der Waals surface area contributed by atoms with Gasteiger partial charge in [0.15, 0.2) is 0 Å². The van der Waals surface area contributed by atoms with Crippen LogP contribution in [0.15, 0.2) is 42.7 Å². The van der Waals surface area contributed by atoms with E-state index in [4.69, 9.17) is 11.6 Å². The highest BCUT2D eigenvalue weighted by molar-refractivity contribution is 6.30. The Morgan fingerprint density at radius 3 is 2.80 bits per heavy atom. The highest BCUT2D eigenvalue weighted by Gasteiger charge is 2.29. The van der Waals surface area contributed by atoms with E-state index in [1.807, 2.05) is 30.6 Å². The molecule has 7 heteroatoms. The van der Waals surface area contributed by atoms with Crippen molar-refractivity contribution in [3.63, 3.8) is 0 Å². The first-order valence-electron chi connectivity index (χ1n) is 8.00. The Bertz CT molecular complexity index is 794. The molecule has 3 atom stereocenters. The van der Waals surface area contributed by atoms with Gasteiger partial charge in [-0.05, 0) is 43.5 Å². The van der Waals surface area contributed by atoms with Gasteiger partial charge in [-0.2, -0.15) is 0 Å². The number of halogens is 2. The first-order valence-corrected chi connectivity index (χ1v) is 8.38. The Kier molecular flexibility index (Phi) is 6.41. The van der Waals surface area contributed by atoms with Gasteiger partial charge in [-0.3, -0.25) is 4.98 Å². The van der Waals surface area contributed by atoms with Gasteiger partial charge < -0.3 is 15.8 Å². The summed E-state index contributed by atoms with van der Waals surface area (Å²) in [4.78, 5) is 12.3. The number of rotatable bonds is 2. The Hall–Kier alpha value is -1.66. The van der Waals surface area contributed by atoms with Crippen molar-refractivity contribution in [1.82, 2.24) is 20.3 Å². The van der Waals surface area contributed by atoms with Crippen LogP contribution in [0.2, 0.25) is 5.02 Å². The Balaban J connectivity index is 0.00000113. The molecule has 0 saturated carbocycles. The number of nitrogens with zero attached hydrogens (tertiary/aromatic N) is 2. The van der Waals surface area contributed by atoms with Crippen molar-refractivity contribution >= 4 is 24.0 Å². The number of H-pyrrole nitrogens is 1. The molecular weight excluding hydrogens is 359 g/mol. The zero-order valence-corrected chi connectivity index (χ0v) is 15.4. The molecule has 0 bridgehead atoms. The van der Waals surface area contributed by atoms with Crippen molar-refractivity contribution in [2.75, 3.05) is 0 Å². The minimum absolute atomic E-state index is 0. The van der Waals surface area contributed by atoms with Crippen LogP contribution in [0.1, 0.15) is 43.1 Å². The van der Waals surface area contributed by atoms with E-state index < -0.39 is 0 Å². The van der Waals surface area contributed by atoms with Crippen molar-refractivity contribution in [1.29, 1.82) is 0 Å². The van der Waals surface area contributed by atoms with Gasteiger partial charge in [0.2, 0.25) is 0 Å². The lowest BCUT2D eigenvalue weighted by atomic mass is 9.85. The Labute approximate surface area is 158 Å². The molecule has 134 valence electrons. The fourth-order valence-corrected chi connectivity index (χ4v) is 3.73. The molecule has 1 aromatic carbocycles. The monoisotopic (exact) mass is 380 g/mol. The third kappa shape index (κ3) is 4.12. The van der Waals surface area contributed by atoms with Gasteiger partial charge in [0, 0.05) is 29.2 Å². The molecule has 0 radical (unpaired) electrons. The molecule has 1 aromatic rings. The SMILES string of the molecule is CC1CC(c2ncc3nccc-3[nH]2)CC(c2cccc(Cl)c2)N1.Cl.O. The smallest absolute Gasteiger partial charge is 0.109 e. The Morgan fingerprint density at radius 1 is 1.16 bits per heavy atom. The molecule has 4 N–H and O–H groups in total. The summed E-state index contributed by atoms with van der Waals surface area (Å²) in [6.45, 7) is 2.23. The molecule has 1 saturated heterocycles. The van der Waals surface area contributed by atoms with Crippen LogP contribution in [0.3, 0.4) is 0 Å². The maximum atomic E-state index is 6.15. The summed E-state index contributed by atoms with van der Waals surface area (Å²) >= 11 is 6.15. The van der Waals surface area contributed by atoms with Crippen molar-refractivity contribution in [2.24, 2.45) is 0 Å². The summed E-state index contributed by atoms with van der Waals surface area (Å²) in [6.07, 6.45) is 5.75. The van der Waals surface area contributed by atoms with E-state index in [1.165, 1.54) is 5.56 Å². The normalized spacial score (nSPS) is 22.9. The highest BCUT2D eigenvalue weighted by Crippen LogP contribution is 2.36. The average Bonchev–Trinajstić information content (AvgIpc) is 3.02. The zero-order chi connectivity index (χ0) is 15.8. The standard InChI is InChI=1S/C18H19ClN4.ClH.H2O/c1-11-7-13(18-21-10-17-15(23-18)5-6-20-17)9-16(22-11)12-3-2-4-14(19)8-12;;/h2-6,8,10-11,13,16,22H,7,9H2,1H3,(H,21,23);1H;1H2. The van der Waals surface area contributed by atoms with Crippen LogP contribution in [0.4, 0.5) is 0 Å². The van der Waals surface area contributed by atoms with Crippen LogP contribution >= 0.6 is 24.0 Å². The van der Waals surface area contributed by atoms with E-state index in [-0.39, 0.29) is 17.9 Å². The molecule has 0 spiro atoms. The maximum absolute atomic E-state index is 6.15. The molecule has 3 unspecified atom stereocenters. The predicted octanol–water partition coefficient (Wildman–Crippen LogP) is 3.76. The van der Waals surface area contributed by atoms with E-state index in [2.05, 4.69) is 39.3 Å². The van der Waals surface area contributed by atoms with E-state index in [1.54, 1.807) is 0 Å². The lowest BCUT2D eigenvalue weighted by Gasteiger charge is -2.34. The predicted molar refractivity (Wildman–Crippen MR) is 103 cm³/mol. The van der Waals surface area contributed by atoms with Gasteiger partial charge in [-0.1, -0.05) is 23.7 Å². The molecule has 3 aliphatic rings. The molecule has 3 heterocycles. The number of aromatic nitrogens is 3. The summed E-state index contributed by atoms with van der Waals surface area (Å²) in [5.74, 6) is 1.44. The fraction of sp³-hybridized carbons (Fsp3) is 0.333. The molecule has 0 aliphatic carbocycles. The summed E-state index contributed by atoms with van der Waals surface area (Å²) in [6, 6.07) is 10.8. The first-order chi connectivity index (χ1) is 11.2. The summed E-state index contributed by atoms with van der Waals surface area (Å²) < 4.78 is 0. The number of fused-ring (bicyclic) bond motifs is 1. The zero-order valence-electron chi connectivity index (χ0n) is 13.9. The van der Waals surface area contributed by atoms with Gasteiger partial charge in [-0.25, -0.2) is 4.98 Å². The topological polar surface area (TPSA) is 85.1 Å². The van der Waals surface area contributed by atoms with Crippen LogP contribution < -0.4 is 5.32 Å². The molecule has 4 rings (SSSR count). The van der Waals surface area contributed by atoms with E-state index in [0.717, 1.165) is 35.1 Å². The summed E-state index contributed by atoms with van der Waals surface area (Å²) in [5, 5.41) is 4.46. The lowest BCUT2D eigenvalue weighted by Crippen LogP contribution is -2.38. The van der Waals surface area contributed by atoms with Crippen molar-refractivity contribution in [2.45, 2.75) is 37.8 Å². The van der Waals surface area contributed by atoms with Gasteiger partial charge in [0.1, 0.15) is 11.5 Å². The van der Waals surface area contributed by atoms with E-state index in [9.17, 15) is 0 Å². The number of piperidine rings is 1. The molecule has 0 amide bonds. The first kappa shape index (κ1) is 19.7. The third-order valence-corrected chi connectivity index (χ3v) is 4.84. The molecule has 1 fully saturated rings. The summed E-state index contributed by atoms with van der Waals surface area (Å²) in [5.41, 5.74) is 3.22. The van der Waals surface area contributed by atoms with Gasteiger partial charge in [0.25, 0.3) is 0 Å². The van der Waals surface area contributed by atoms with Crippen LogP contribution in [0.5, 0.6) is 0 Å². The fourth-order valence-electron chi connectivity index (χ4n) is 3.53. The average molecular weight is 381 g/mol. The van der Waals surface area contributed by atoms with E-state index >= 15 is 0 Å². The van der Waals surface area contributed by atoms with Gasteiger partial charge in [-0.15, -0.1) is 12.4 Å². The second kappa shape index (κ2) is 8.15. The minimum Gasteiger partial charge on any atom is -0.412 e.